The van der Waals surface area contributed by atoms with Crippen LogP contribution in [0.1, 0.15) is 19.4 Å². The largest absolute Gasteiger partial charge is 0.458 e. The molecule has 5 rings (SSSR count). The highest BCUT2D eigenvalue weighted by Crippen LogP contribution is 2.49. The summed E-state index contributed by atoms with van der Waals surface area (Å²) in [5, 5.41) is 6.56. The van der Waals surface area contributed by atoms with Crippen LogP contribution in [0.3, 0.4) is 0 Å². The Morgan fingerprint density at radius 2 is 1.54 bits per heavy atom. The van der Waals surface area contributed by atoms with Gasteiger partial charge in [-0.3, -0.25) is 14.5 Å². The molecule has 0 spiro atoms. The lowest BCUT2D eigenvalue weighted by atomic mass is 9.89. The lowest BCUT2D eigenvalue weighted by Crippen LogP contribution is -2.50. The predicted octanol–water partition coefficient (Wildman–Crippen LogP) is 4.96. The zero-order valence-corrected chi connectivity index (χ0v) is 20.6. The number of esters is 1. The van der Waals surface area contributed by atoms with Gasteiger partial charge in [0.05, 0.1) is 23.1 Å². The molecule has 0 saturated carbocycles. The Morgan fingerprint density at radius 3 is 2.20 bits per heavy atom. The topological polar surface area (TPSA) is 87.7 Å². The molecule has 2 aliphatic heterocycles. The molecule has 1 unspecified atom stereocenters. The Kier molecular flexibility index (Phi) is 5.68. The van der Waals surface area contributed by atoms with Gasteiger partial charge in [-0.05, 0) is 50.2 Å². The van der Waals surface area contributed by atoms with E-state index >= 15 is 0 Å². The zero-order valence-electron chi connectivity index (χ0n) is 19.0. The van der Waals surface area contributed by atoms with E-state index in [4.69, 9.17) is 4.74 Å². The number of nitrogens with zero attached hydrogens (tertiary/aromatic N) is 1. The number of Topliss-reactive ketones (excluding diaryl/α,β-unsaturated/α-hetero) is 1. The number of amides is 1. The first-order chi connectivity index (χ1) is 16.8. The van der Waals surface area contributed by atoms with Gasteiger partial charge in [-0.15, -0.1) is 0 Å². The predicted molar refractivity (Wildman–Crippen MR) is 137 cm³/mol. The number of ketones is 1. The summed E-state index contributed by atoms with van der Waals surface area (Å²) in [7, 11) is 0. The number of hydrogen-bond acceptors (Lipinski definition) is 6. The highest BCUT2D eigenvalue weighted by Gasteiger charge is 2.60. The van der Waals surface area contributed by atoms with Crippen molar-refractivity contribution in [3.8, 4) is 0 Å². The Hall–Kier alpha value is -3.91. The zero-order chi connectivity index (χ0) is 24.7. The minimum absolute atomic E-state index is 0.0153. The highest BCUT2D eigenvalue weighted by molar-refractivity contribution is 9.10. The number of nitrogens with one attached hydrogen (secondary N) is 2. The number of halogens is 1. The Bertz CT molecular complexity index is 1370. The minimum atomic E-state index is -1.51. The molecule has 176 valence electrons. The van der Waals surface area contributed by atoms with E-state index in [0.29, 0.717) is 22.6 Å². The molecule has 0 aromatic heterocycles. The maximum Gasteiger partial charge on any atom is 0.355 e. The lowest BCUT2D eigenvalue weighted by Gasteiger charge is -2.40. The van der Waals surface area contributed by atoms with Crippen molar-refractivity contribution >= 4 is 50.7 Å². The van der Waals surface area contributed by atoms with Crippen molar-refractivity contribution in [1.29, 1.82) is 0 Å². The fourth-order valence-electron chi connectivity index (χ4n) is 4.50. The van der Waals surface area contributed by atoms with Crippen LogP contribution in [0.4, 0.5) is 17.1 Å². The molecule has 0 aliphatic carbocycles. The van der Waals surface area contributed by atoms with E-state index < -0.39 is 29.4 Å². The van der Waals surface area contributed by atoms with Crippen molar-refractivity contribution < 1.29 is 19.1 Å². The number of rotatable bonds is 4. The summed E-state index contributed by atoms with van der Waals surface area (Å²) < 4.78 is 6.34. The summed E-state index contributed by atoms with van der Waals surface area (Å²) in [5.74, 6) is -2.26. The van der Waals surface area contributed by atoms with Crippen molar-refractivity contribution in [1.82, 2.24) is 0 Å². The second-order valence-corrected chi connectivity index (χ2v) is 9.44. The van der Waals surface area contributed by atoms with Crippen LogP contribution in [-0.2, 0) is 24.8 Å². The first-order valence-electron chi connectivity index (χ1n) is 11.1. The third-order valence-corrected chi connectivity index (χ3v) is 6.43. The molecule has 2 N–H and O–H groups in total. The average Bonchev–Trinajstić information content (AvgIpc) is 2.97. The second-order valence-electron chi connectivity index (χ2n) is 8.52. The third kappa shape index (κ3) is 3.70. The number of anilines is 3. The number of hydrogen-bond donors (Lipinski definition) is 2. The van der Waals surface area contributed by atoms with Gasteiger partial charge in [0.2, 0.25) is 0 Å². The van der Waals surface area contributed by atoms with Gasteiger partial charge in [0.1, 0.15) is 5.70 Å². The fraction of sp³-hybridized carbons (Fsp3) is 0.148. The molecule has 3 aromatic rings. The van der Waals surface area contributed by atoms with Gasteiger partial charge in [0.25, 0.3) is 5.78 Å². The summed E-state index contributed by atoms with van der Waals surface area (Å²) in [6.07, 6.45) is -0.426. The average molecular weight is 532 g/mol. The van der Waals surface area contributed by atoms with Crippen LogP contribution >= 0.6 is 15.9 Å². The van der Waals surface area contributed by atoms with Crippen LogP contribution in [0.5, 0.6) is 0 Å². The summed E-state index contributed by atoms with van der Waals surface area (Å²) in [4.78, 5) is 42.2. The van der Waals surface area contributed by atoms with Gasteiger partial charge >= 0.3 is 11.9 Å². The lowest BCUT2D eigenvalue weighted by molar-refractivity contribution is -0.142. The quantitative estimate of drug-likeness (QED) is 0.365. The van der Waals surface area contributed by atoms with Crippen LogP contribution in [0, 0.1) is 0 Å². The molecule has 0 bridgehead atoms. The molecule has 1 atom stereocenters. The molecule has 2 aliphatic rings. The van der Waals surface area contributed by atoms with Crippen LogP contribution in [0.15, 0.2) is 94.6 Å². The van der Waals surface area contributed by atoms with Gasteiger partial charge < -0.3 is 15.4 Å². The Balaban J connectivity index is 1.88. The molecule has 1 saturated heterocycles. The van der Waals surface area contributed by atoms with Crippen molar-refractivity contribution in [2.75, 3.05) is 15.5 Å². The van der Waals surface area contributed by atoms with E-state index in [-0.39, 0.29) is 11.3 Å². The van der Waals surface area contributed by atoms with E-state index in [0.717, 1.165) is 4.47 Å². The van der Waals surface area contributed by atoms with Gasteiger partial charge in [0, 0.05) is 15.7 Å². The maximum absolute atomic E-state index is 13.7. The molecular formula is C27H22BrN3O4. The van der Waals surface area contributed by atoms with Crippen molar-refractivity contribution in [2.24, 2.45) is 0 Å². The molecule has 35 heavy (non-hydrogen) atoms. The number of fused-ring (bicyclic) bond motifs is 2. The van der Waals surface area contributed by atoms with Crippen LogP contribution in [0.25, 0.3) is 0 Å². The maximum atomic E-state index is 13.7. The van der Waals surface area contributed by atoms with Crippen LogP contribution in [0.2, 0.25) is 0 Å². The number of para-hydroxylation sites is 2. The second kappa shape index (κ2) is 8.70. The summed E-state index contributed by atoms with van der Waals surface area (Å²) in [5.41, 5.74) is 0.715. The standard InChI is InChI=1S/C27H22BrN3O4/c1-16(2)35-26(34)23-22-24(32)25(33)31(19-14-12-18(28)13-15-19)27(22,17-8-4-3-5-9-17)30-21-11-7-6-10-20(21)29-23/h3-16,29-30H,1-2H3. The van der Waals surface area contributed by atoms with E-state index in [1.165, 1.54) is 4.90 Å². The molecule has 2 heterocycles. The summed E-state index contributed by atoms with van der Waals surface area (Å²) in [6.45, 7) is 3.46. The van der Waals surface area contributed by atoms with Gasteiger partial charge in [0.15, 0.2) is 5.66 Å². The minimum Gasteiger partial charge on any atom is -0.458 e. The van der Waals surface area contributed by atoms with Crippen molar-refractivity contribution in [3.05, 3.63) is 100 Å². The molecule has 3 aromatic carbocycles. The molecule has 1 amide bonds. The Labute approximate surface area is 210 Å². The van der Waals surface area contributed by atoms with E-state index in [2.05, 4.69) is 26.6 Å². The van der Waals surface area contributed by atoms with E-state index in [9.17, 15) is 14.4 Å². The smallest absolute Gasteiger partial charge is 0.355 e. The fourth-order valence-corrected chi connectivity index (χ4v) is 4.76. The number of carbonyl (C=O) groups is 3. The van der Waals surface area contributed by atoms with Crippen LogP contribution < -0.4 is 15.5 Å². The first kappa shape index (κ1) is 22.9. The van der Waals surface area contributed by atoms with E-state index in [1.54, 1.807) is 44.2 Å². The molecule has 0 radical (unpaired) electrons. The molecular weight excluding hydrogens is 510 g/mol. The van der Waals surface area contributed by atoms with E-state index in [1.807, 2.05) is 48.5 Å². The summed E-state index contributed by atoms with van der Waals surface area (Å²) in [6, 6.07) is 23.5. The normalized spacial score (nSPS) is 19.0. The SMILES string of the molecule is CC(C)OC(=O)C1=C2C(=O)C(=O)N(c3ccc(Br)cc3)C2(c2ccccc2)Nc2ccccc2N1. The molecule has 7 nitrogen and oxygen atoms in total. The molecule has 1 fully saturated rings. The molecule has 8 heteroatoms. The Morgan fingerprint density at radius 1 is 0.914 bits per heavy atom. The number of ether oxygens (including phenoxy) is 1. The first-order valence-corrected chi connectivity index (χ1v) is 11.9. The third-order valence-electron chi connectivity index (χ3n) is 5.90. The number of benzene rings is 3. The van der Waals surface area contributed by atoms with Gasteiger partial charge in [-0.1, -0.05) is 58.4 Å². The van der Waals surface area contributed by atoms with Gasteiger partial charge in [-0.2, -0.15) is 0 Å². The summed E-state index contributed by atoms with van der Waals surface area (Å²) >= 11 is 3.43. The van der Waals surface area contributed by atoms with Crippen LogP contribution in [-0.4, -0.2) is 23.8 Å². The van der Waals surface area contributed by atoms with Gasteiger partial charge in [-0.25, -0.2) is 4.79 Å². The highest BCUT2D eigenvalue weighted by atomic mass is 79.9. The van der Waals surface area contributed by atoms with Crippen molar-refractivity contribution in [2.45, 2.75) is 25.6 Å². The monoisotopic (exact) mass is 531 g/mol. The van der Waals surface area contributed by atoms with Crippen molar-refractivity contribution in [3.63, 3.8) is 0 Å². The number of carbonyl (C=O) groups excluding carboxylic acids is 3.